The Bertz CT molecular complexity index is 371. The molecule has 102 valence electrons. The third kappa shape index (κ3) is 5.31. The van der Waals surface area contributed by atoms with Gasteiger partial charge in [0.15, 0.2) is 5.82 Å². The summed E-state index contributed by atoms with van der Waals surface area (Å²) in [4.78, 5) is 11.6. The highest BCUT2D eigenvalue weighted by molar-refractivity contribution is 5.89. The summed E-state index contributed by atoms with van der Waals surface area (Å²) >= 11 is 0. The van der Waals surface area contributed by atoms with E-state index < -0.39 is 0 Å². The molecular weight excluding hydrogens is 228 g/mol. The average Bonchev–Trinajstić information content (AvgIpc) is 2.72. The molecule has 2 N–H and O–H groups in total. The van der Waals surface area contributed by atoms with Gasteiger partial charge in [0, 0.05) is 30.8 Å². The molecule has 0 saturated heterocycles. The molecule has 0 fully saturated rings. The van der Waals surface area contributed by atoms with Crippen LogP contribution in [0.1, 0.15) is 46.6 Å². The van der Waals surface area contributed by atoms with E-state index >= 15 is 0 Å². The fraction of sp³-hybridized carbons (Fsp3) is 0.692. The lowest BCUT2D eigenvalue weighted by molar-refractivity contribution is -0.116. The molecule has 0 aliphatic heterocycles. The van der Waals surface area contributed by atoms with Gasteiger partial charge in [0.1, 0.15) is 0 Å². The summed E-state index contributed by atoms with van der Waals surface area (Å²) < 4.78 is 1.83. The van der Waals surface area contributed by atoms with Crippen molar-refractivity contribution in [2.24, 2.45) is 0 Å². The van der Waals surface area contributed by atoms with Crippen LogP contribution in [-0.2, 0) is 4.79 Å². The second-order valence-corrected chi connectivity index (χ2v) is 5.04. The molecule has 18 heavy (non-hydrogen) atoms. The molecule has 1 aromatic rings. The quantitative estimate of drug-likeness (QED) is 0.731. The third-order valence-corrected chi connectivity index (χ3v) is 2.54. The fourth-order valence-corrected chi connectivity index (χ4v) is 1.54. The van der Waals surface area contributed by atoms with Gasteiger partial charge in [-0.2, -0.15) is 5.10 Å². The highest BCUT2D eigenvalue weighted by Crippen LogP contribution is 2.08. The summed E-state index contributed by atoms with van der Waals surface area (Å²) in [6.45, 7) is 9.16. The Balaban J connectivity index is 2.26. The minimum Gasteiger partial charge on any atom is -0.315 e. The van der Waals surface area contributed by atoms with E-state index in [4.69, 9.17) is 0 Å². The number of nitrogens with zero attached hydrogens (tertiary/aromatic N) is 2. The van der Waals surface area contributed by atoms with Crippen LogP contribution >= 0.6 is 0 Å². The Kier molecular flexibility index (Phi) is 5.85. The van der Waals surface area contributed by atoms with E-state index in [0.717, 1.165) is 13.0 Å². The second-order valence-electron chi connectivity index (χ2n) is 5.04. The van der Waals surface area contributed by atoms with Crippen LogP contribution in [0.15, 0.2) is 12.3 Å². The van der Waals surface area contributed by atoms with Crippen molar-refractivity contribution in [2.75, 3.05) is 11.9 Å². The highest BCUT2D eigenvalue weighted by Gasteiger charge is 2.06. The van der Waals surface area contributed by atoms with Crippen molar-refractivity contribution in [3.63, 3.8) is 0 Å². The zero-order valence-electron chi connectivity index (χ0n) is 11.7. The largest absolute Gasteiger partial charge is 0.315 e. The summed E-state index contributed by atoms with van der Waals surface area (Å²) in [5.41, 5.74) is 0. The zero-order valence-corrected chi connectivity index (χ0v) is 11.7. The molecule has 1 amide bonds. The van der Waals surface area contributed by atoms with Crippen molar-refractivity contribution < 1.29 is 4.79 Å². The standard InChI is InChI=1S/C13H24N4O/c1-10(2)14-8-5-6-13(18)15-12-7-9-17(16-12)11(3)4/h7,9-11,14H,5-6,8H2,1-4H3,(H,15,16,18). The van der Waals surface area contributed by atoms with E-state index in [0.29, 0.717) is 24.3 Å². The van der Waals surface area contributed by atoms with Gasteiger partial charge in [-0.3, -0.25) is 9.48 Å². The number of carbonyl (C=O) groups is 1. The topological polar surface area (TPSA) is 59.0 Å². The van der Waals surface area contributed by atoms with Gasteiger partial charge in [-0.1, -0.05) is 13.8 Å². The van der Waals surface area contributed by atoms with Crippen molar-refractivity contribution in [1.82, 2.24) is 15.1 Å². The second kappa shape index (κ2) is 7.16. The van der Waals surface area contributed by atoms with Crippen LogP contribution in [0.2, 0.25) is 0 Å². The number of hydrogen-bond acceptors (Lipinski definition) is 3. The molecule has 0 bridgehead atoms. The number of amides is 1. The SMILES string of the molecule is CC(C)NCCCC(=O)Nc1ccn(C(C)C)n1. The molecule has 0 unspecified atom stereocenters. The van der Waals surface area contributed by atoms with Crippen LogP contribution in [0.3, 0.4) is 0 Å². The number of carbonyl (C=O) groups excluding carboxylic acids is 1. The highest BCUT2D eigenvalue weighted by atomic mass is 16.1. The molecule has 5 nitrogen and oxygen atoms in total. The van der Waals surface area contributed by atoms with Crippen LogP contribution in [0.5, 0.6) is 0 Å². The Hall–Kier alpha value is -1.36. The normalized spacial score (nSPS) is 11.2. The van der Waals surface area contributed by atoms with Gasteiger partial charge in [-0.25, -0.2) is 0 Å². The van der Waals surface area contributed by atoms with Crippen LogP contribution in [0.4, 0.5) is 5.82 Å². The van der Waals surface area contributed by atoms with Gasteiger partial charge in [0.2, 0.25) is 5.91 Å². The summed E-state index contributed by atoms with van der Waals surface area (Å²) in [6.07, 6.45) is 3.24. The number of aromatic nitrogens is 2. The van der Waals surface area contributed by atoms with Crippen molar-refractivity contribution in [1.29, 1.82) is 0 Å². The predicted octanol–water partition coefficient (Wildman–Crippen LogP) is 2.18. The van der Waals surface area contributed by atoms with E-state index in [-0.39, 0.29) is 5.91 Å². The summed E-state index contributed by atoms with van der Waals surface area (Å²) in [6, 6.07) is 2.60. The van der Waals surface area contributed by atoms with E-state index in [1.165, 1.54) is 0 Å². The van der Waals surface area contributed by atoms with Gasteiger partial charge in [0.05, 0.1) is 0 Å². The predicted molar refractivity (Wildman–Crippen MR) is 73.6 cm³/mol. The number of hydrogen-bond donors (Lipinski definition) is 2. The molecule has 1 heterocycles. The molecule has 0 aromatic carbocycles. The fourth-order valence-electron chi connectivity index (χ4n) is 1.54. The molecular formula is C13H24N4O. The van der Waals surface area contributed by atoms with E-state index in [1.54, 1.807) is 0 Å². The van der Waals surface area contributed by atoms with E-state index in [9.17, 15) is 4.79 Å². The molecule has 0 aliphatic rings. The Morgan fingerprint density at radius 3 is 2.67 bits per heavy atom. The summed E-state index contributed by atoms with van der Waals surface area (Å²) in [5.74, 6) is 0.653. The summed E-state index contributed by atoms with van der Waals surface area (Å²) in [5, 5.41) is 10.4. The minimum absolute atomic E-state index is 0.0227. The van der Waals surface area contributed by atoms with Crippen LogP contribution in [-0.4, -0.2) is 28.3 Å². The maximum Gasteiger partial charge on any atom is 0.225 e. The lowest BCUT2D eigenvalue weighted by atomic mass is 10.2. The smallest absolute Gasteiger partial charge is 0.225 e. The maximum atomic E-state index is 11.6. The third-order valence-electron chi connectivity index (χ3n) is 2.54. The number of nitrogens with one attached hydrogen (secondary N) is 2. The first-order chi connectivity index (χ1) is 8.49. The monoisotopic (exact) mass is 252 g/mol. The first-order valence-corrected chi connectivity index (χ1v) is 6.57. The molecule has 5 heteroatoms. The molecule has 1 rings (SSSR count). The first kappa shape index (κ1) is 14.7. The van der Waals surface area contributed by atoms with Gasteiger partial charge in [-0.15, -0.1) is 0 Å². The lowest BCUT2D eigenvalue weighted by Gasteiger charge is -2.07. The van der Waals surface area contributed by atoms with E-state index in [1.807, 2.05) is 16.9 Å². The average molecular weight is 252 g/mol. The minimum atomic E-state index is 0.0227. The maximum absolute atomic E-state index is 11.6. The molecule has 0 aliphatic carbocycles. The number of anilines is 1. The molecule has 0 radical (unpaired) electrons. The lowest BCUT2D eigenvalue weighted by Crippen LogP contribution is -2.24. The number of rotatable bonds is 7. The molecule has 0 atom stereocenters. The van der Waals surface area contributed by atoms with Gasteiger partial charge in [0.25, 0.3) is 0 Å². The first-order valence-electron chi connectivity index (χ1n) is 6.57. The van der Waals surface area contributed by atoms with Crippen LogP contribution in [0.25, 0.3) is 0 Å². The molecule has 0 spiro atoms. The zero-order chi connectivity index (χ0) is 13.5. The summed E-state index contributed by atoms with van der Waals surface area (Å²) in [7, 11) is 0. The Morgan fingerprint density at radius 1 is 1.39 bits per heavy atom. The Labute approximate surface area is 109 Å². The molecule has 1 aromatic heterocycles. The van der Waals surface area contributed by atoms with E-state index in [2.05, 4.69) is 43.4 Å². The van der Waals surface area contributed by atoms with Crippen molar-refractivity contribution >= 4 is 11.7 Å². The van der Waals surface area contributed by atoms with Crippen LogP contribution in [0, 0.1) is 0 Å². The molecule has 0 saturated carbocycles. The van der Waals surface area contributed by atoms with Gasteiger partial charge in [-0.05, 0) is 26.8 Å². The van der Waals surface area contributed by atoms with Crippen molar-refractivity contribution in [3.8, 4) is 0 Å². The van der Waals surface area contributed by atoms with Crippen LogP contribution < -0.4 is 10.6 Å². The van der Waals surface area contributed by atoms with Crippen molar-refractivity contribution in [3.05, 3.63) is 12.3 Å². The van der Waals surface area contributed by atoms with Gasteiger partial charge < -0.3 is 10.6 Å². The van der Waals surface area contributed by atoms with Gasteiger partial charge >= 0.3 is 0 Å². The van der Waals surface area contributed by atoms with Crippen molar-refractivity contribution in [2.45, 2.75) is 52.6 Å². The Morgan fingerprint density at radius 2 is 2.11 bits per heavy atom.